The van der Waals surface area contributed by atoms with Crippen molar-refractivity contribution in [2.45, 2.75) is 6.54 Å². The van der Waals surface area contributed by atoms with Gasteiger partial charge in [-0.3, -0.25) is 9.59 Å². The quantitative estimate of drug-likeness (QED) is 0.722. The molecule has 8 nitrogen and oxygen atoms in total. The zero-order valence-electron chi connectivity index (χ0n) is 13.5. The van der Waals surface area contributed by atoms with Crippen molar-refractivity contribution in [3.8, 4) is 5.69 Å². The van der Waals surface area contributed by atoms with Crippen molar-refractivity contribution < 1.29 is 9.59 Å². The second kappa shape index (κ2) is 7.35. The lowest BCUT2D eigenvalue weighted by Gasteiger charge is -2.08. The Hall–Kier alpha value is -3.55. The Morgan fingerprint density at radius 2 is 1.84 bits per heavy atom. The third-order valence-electron chi connectivity index (χ3n) is 3.61. The van der Waals surface area contributed by atoms with E-state index in [4.69, 9.17) is 0 Å². The zero-order valence-corrected chi connectivity index (χ0v) is 13.5. The van der Waals surface area contributed by atoms with Crippen LogP contribution in [-0.4, -0.2) is 39.1 Å². The van der Waals surface area contributed by atoms with Crippen LogP contribution in [-0.2, 0) is 6.54 Å². The molecule has 2 aromatic carbocycles. The molecule has 0 unspecified atom stereocenters. The Morgan fingerprint density at radius 3 is 2.52 bits per heavy atom. The molecule has 3 aromatic rings. The van der Waals surface area contributed by atoms with Gasteiger partial charge in [0.05, 0.1) is 5.69 Å². The van der Waals surface area contributed by atoms with E-state index < -0.39 is 0 Å². The van der Waals surface area contributed by atoms with E-state index in [0.29, 0.717) is 17.7 Å². The van der Waals surface area contributed by atoms with Gasteiger partial charge in [0.15, 0.2) is 0 Å². The van der Waals surface area contributed by atoms with Crippen LogP contribution in [0.5, 0.6) is 0 Å². The van der Waals surface area contributed by atoms with Crippen LogP contribution in [0.25, 0.3) is 5.69 Å². The van der Waals surface area contributed by atoms with Crippen LogP contribution in [0.15, 0.2) is 54.9 Å². The number of hydrogen-bond acceptors (Lipinski definition) is 5. The van der Waals surface area contributed by atoms with Crippen molar-refractivity contribution in [3.63, 3.8) is 0 Å². The Bertz CT molecular complexity index is 874. The van der Waals surface area contributed by atoms with Gasteiger partial charge in [-0.2, -0.15) is 0 Å². The minimum absolute atomic E-state index is 0.161. The number of nitrogens with zero attached hydrogens (tertiary/aromatic N) is 4. The zero-order chi connectivity index (χ0) is 17.6. The lowest BCUT2D eigenvalue weighted by molar-refractivity contribution is 0.0948. The molecule has 0 aliphatic rings. The molecule has 1 heterocycles. The molecule has 0 radical (unpaired) electrons. The van der Waals surface area contributed by atoms with Crippen LogP contribution >= 0.6 is 0 Å². The average Bonchev–Trinajstić information content (AvgIpc) is 3.20. The third kappa shape index (κ3) is 3.86. The molecule has 126 valence electrons. The predicted molar refractivity (Wildman–Crippen MR) is 90.2 cm³/mol. The highest BCUT2D eigenvalue weighted by molar-refractivity contribution is 5.95. The van der Waals surface area contributed by atoms with E-state index in [9.17, 15) is 9.59 Å². The molecule has 0 saturated heterocycles. The largest absolute Gasteiger partial charge is 0.355 e. The minimum Gasteiger partial charge on any atom is -0.355 e. The normalized spacial score (nSPS) is 10.3. The van der Waals surface area contributed by atoms with E-state index in [1.54, 1.807) is 49.5 Å². The van der Waals surface area contributed by atoms with Gasteiger partial charge in [-0.1, -0.05) is 12.1 Å². The smallest absolute Gasteiger partial charge is 0.251 e. The molecule has 0 saturated carbocycles. The summed E-state index contributed by atoms with van der Waals surface area (Å²) in [5.41, 5.74) is 2.69. The summed E-state index contributed by atoms with van der Waals surface area (Å²) >= 11 is 0. The van der Waals surface area contributed by atoms with Crippen LogP contribution in [0.1, 0.15) is 26.3 Å². The molecule has 0 atom stereocenters. The highest BCUT2D eigenvalue weighted by Gasteiger charge is 2.08. The lowest BCUT2D eigenvalue weighted by atomic mass is 10.1. The summed E-state index contributed by atoms with van der Waals surface area (Å²) in [6, 6.07) is 14.0. The number of rotatable bonds is 5. The summed E-state index contributed by atoms with van der Waals surface area (Å²) in [6.45, 7) is 0.332. The summed E-state index contributed by atoms with van der Waals surface area (Å²) in [5.74, 6) is -0.361. The standard InChI is InChI=1S/C17H16N6O2/c1-18-16(24)14-4-2-3-12(9-14)10-19-17(25)13-5-7-15(8-6-13)23-11-20-21-22-23/h2-9,11H,10H2,1H3,(H,18,24)(H,19,25). The van der Waals surface area contributed by atoms with Gasteiger partial charge in [-0.05, 0) is 52.4 Å². The summed E-state index contributed by atoms with van der Waals surface area (Å²) in [7, 11) is 1.58. The average molecular weight is 336 g/mol. The van der Waals surface area contributed by atoms with E-state index in [2.05, 4.69) is 26.2 Å². The molecule has 0 bridgehead atoms. The van der Waals surface area contributed by atoms with Gasteiger partial charge >= 0.3 is 0 Å². The molecule has 0 spiro atoms. The Morgan fingerprint density at radius 1 is 1.04 bits per heavy atom. The number of carbonyl (C=O) groups is 2. The topological polar surface area (TPSA) is 102 Å². The summed E-state index contributed by atoms with van der Waals surface area (Å²) in [5, 5.41) is 16.3. The van der Waals surface area contributed by atoms with E-state index in [-0.39, 0.29) is 11.8 Å². The monoisotopic (exact) mass is 336 g/mol. The number of carbonyl (C=O) groups excluding carboxylic acids is 2. The first kappa shape index (κ1) is 16.3. The van der Waals surface area contributed by atoms with E-state index >= 15 is 0 Å². The van der Waals surface area contributed by atoms with Crippen molar-refractivity contribution >= 4 is 11.8 Å². The summed E-state index contributed by atoms with van der Waals surface area (Å²) in [4.78, 5) is 23.9. The van der Waals surface area contributed by atoms with Crippen molar-refractivity contribution in [2.24, 2.45) is 0 Å². The maximum atomic E-state index is 12.3. The molecule has 3 rings (SSSR count). The second-order valence-corrected chi connectivity index (χ2v) is 5.26. The number of aromatic nitrogens is 4. The van der Waals surface area contributed by atoms with Crippen molar-refractivity contribution in [2.75, 3.05) is 7.05 Å². The molecular weight excluding hydrogens is 320 g/mol. The highest BCUT2D eigenvalue weighted by atomic mass is 16.2. The van der Waals surface area contributed by atoms with Gasteiger partial charge in [0.25, 0.3) is 11.8 Å². The SMILES string of the molecule is CNC(=O)c1cccc(CNC(=O)c2ccc(-n3cnnn3)cc2)c1. The van der Waals surface area contributed by atoms with Crippen LogP contribution < -0.4 is 10.6 Å². The van der Waals surface area contributed by atoms with Gasteiger partial charge in [0, 0.05) is 24.7 Å². The molecule has 1 aromatic heterocycles. The van der Waals surface area contributed by atoms with Crippen LogP contribution in [0.4, 0.5) is 0 Å². The lowest BCUT2D eigenvalue weighted by Crippen LogP contribution is -2.23. The molecule has 2 amide bonds. The highest BCUT2D eigenvalue weighted by Crippen LogP contribution is 2.09. The van der Waals surface area contributed by atoms with Gasteiger partial charge in [0.2, 0.25) is 0 Å². The minimum atomic E-state index is -0.200. The van der Waals surface area contributed by atoms with Gasteiger partial charge in [-0.15, -0.1) is 5.10 Å². The molecular formula is C17H16N6O2. The molecule has 25 heavy (non-hydrogen) atoms. The summed E-state index contributed by atoms with van der Waals surface area (Å²) in [6.07, 6.45) is 1.48. The Balaban J connectivity index is 1.64. The Kier molecular flexibility index (Phi) is 4.79. The number of tetrazole rings is 1. The molecule has 0 fully saturated rings. The van der Waals surface area contributed by atoms with E-state index in [0.717, 1.165) is 11.3 Å². The second-order valence-electron chi connectivity index (χ2n) is 5.26. The molecule has 0 aliphatic heterocycles. The van der Waals surface area contributed by atoms with Crippen LogP contribution in [0, 0.1) is 0 Å². The fraction of sp³-hybridized carbons (Fsp3) is 0.118. The first-order valence-corrected chi connectivity index (χ1v) is 7.60. The van der Waals surface area contributed by atoms with Crippen molar-refractivity contribution in [1.29, 1.82) is 0 Å². The maximum Gasteiger partial charge on any atom is 0.251 e. The van der Waals surface area contributed by atoms with Crippen molar-refractivity contribution in [1.82, 2.24) is 30.8 Å². The van der Waals surface area contributed by atoms with Crippen molar-refractivity contribution in [3.05, 3.63) is 71.5 Å². The van der Waals surface area contributed by atoms with E-state index in [1.807, 2.05) is 6.07 Å². The molecule has 8 heteroatoms. The number of hydrogen-bond donors (Lipinski definition) is 2. The van der Waals surface area contributed by atoms with Crippen LogP contribution in [0.2, 0.25) is 0 Å². The first-order chi connectivity index (χ1) is 12.2. The fourth-order valence-electron chi connectivity index (χ4n) is 2.30. The number of nitrogens with one attached hydrogen (secondary N) is 2. The van der Waals surface area contributed by atoms with Crippen LogP contribution in [0.3, 0.4) is 0 Å². The maximum absolute atomic E-state index is 12.3. The molecule has 0 aliphatic carbocycles. The number of benzene rings is 2. The van der Waals surface area contributed by atoms with Gasteiger partial charge < -0.3 is 10.6 Å². The van der Waals surface area contributed by atoms with E-state index in [1.165, 1.54) is 11.0 Å². The Labute approximate surface area is 143 Å². The summed E-state index contributed by atoms with van der Waals surface area (Å²) < 4.78 is 1.51. The molecule has 2 N–H and O–H groups in total. The first-order valence-electron chi connectivity index (χ1n) is 7.60. The predicted octanol–water partition coefficient (Wildman–Crippen LogP) is 0.952. The third-order valence-corrected chi connectivity index (χ3v) is 3.61. The van der Waals surface area contributed by atoms with Gasteiger partial charge in [0.1, 0.15) is 6.33 Å². The fourth-order valence-corrected chi connectivity index (χ4v) is 2.30. The van der Waals surface area contributed by atoms with Gasteiger partial charge in [-0.25, -0.2) is 4.68 Å². The number of amides is 2.